The van der Waals surface area contributed by atoms with Crippen LogP contribution in [0, 0.1) is 11.6 Å². The van der Waals surface area contributed by atoms with E-state index in [1.807, 2.05) is 30.3 Å². The molecule has 25 heavy (non-hydrogen) atoms. The lowest BCUT2D eigenvalue weighted by atomic mass is 10.0. The molecule has 2 aromatic carbocycles. The largest absolute Gasteiger partial charge is 0.467 e. The van der Waals surface area contributed by atoms with E-state index in [1.165, 1.54) is 6.07 Å². The van der Waals surface area contributed by atoms with Crippen LogP contribution in [-0.4, -0.2) is 11.7 Å². The summed E-state index contributed by atoms with van der Waals surface area (Å²) >= 11 is 1.14. The number of carbonyl (C=O) groups is 1. The van der Waals surface area contributed by atoms with E-state index in [0.717, 1.165) is 29.5 Å². The number of thioether (sulfide) groups is 1. The molecular weight excluding hydrogens is 344 g/mol. The summed E-state index contributed by atoms with van der Waals surface area (Å²) in [6, 6.07) is 16.2. The fourth-order valence-electron chi connectivity index (χ4n) is 2.34. The maximum atomic E-state index is 13.2. The maximum Gasteiger partial charge on any atom is 0.231 e. The summed E-state index contributed by atoms with van der Waals surface area (Å²) < 4.78 is 31.6. The van der Waals surface area contributed by atoms with Gasteiger partial charge in [-0.1, -0.05) is 30.3 Å². The smallest absolute Gasteiger partial charge is 0.231 e. The molecular formula is C19H15F2NO2S. The van der Waals surface area contributed by atoms with Gasteiger partial charge in [-0.2, -0.15) is 0 Å². The van der Waals surface area contributed by atoms with E-state index in [0.29, 0.717) is 10.7 Å². The molecule has 1 amide bonds. The van der Waals surface area contributed by atoms with Crippen LogP contribution in [0.25, 0.3) is 0 Å². The number of furan rings is 1. The van der Waals surface area contributed by atoms with E-state index >= 15 is 0 Å². The third-order valence-electron chi connectivity index (χ3n) is 3.53. The van der Waals surface area contributed by atoms with Crippen LogP contribution in [0.1, 0.15) is 17.4 Å². The number of hydrogen-bond donors (Lipinski definition) is 1. The van der Waals surface area contributed by atoms with Gasteiger partial charge in [0.1, 0.15) is 11.8 Å². The SMILES string of the molecule is O=C(CSc1ccc(F)c(F)c1)NC(c1ccccc1)c1ccco1. The Hall–Kier alpha value is -2.60. The minimum atomic E-state index is -0.928. The topological polar surface area (TPSA) is 42.2 Å². The average molecular weight is 359 g/mol. The third kappa shape index (κ3) is 4.48. The second kappa shape index (κ2) is 7.98. The average Bonchev–Trinajstić information content (AvgIpc) is 3.16. The second-order valence-electron chi connectivity index (χ2n) is 5.29. The van der Waals surface area contributed by atoms with Crippen LogP contribution in [0.15, 0.2) is 76.2 Å². The highest BCUT2D eigenvalue weighted by Gasteiger charge is 2.19. The number of benzene rings is 2. The van der Waals surface area contributed by atoms with Gasteiger partial charge in [0.05, 0.1) is 12.0 Å². The van der Waals surface area contributed by atoms with Crippen LogP contribution >= 0.6 is 11.8 Å². The van der Waals surface area contributed by atoms with Gasteiger partial charge in [0.2, 0.25) is 5.91 Å². The van der Waals surface area contributed by atoms with Crippen LogP contribution in [0.5, 0.6) is 0 Å². The highest BCUT2D eigenvalue weighted by atomic mass is 32.2. The van der Waals surface area contributed by atoms with Crippen molar-refractivity contribution < 1.29 is 18.0 Å². The van der Waals surface area contributed by atoms with E-state index in [2.05, 4.69) is 5.32 Å². The van der Waals surface area contributed by atoms with Crippen molar-refractivity contribution in [3.63, 3.8) is 0 Å². The van der Waals surface area contributed by atoms with Gasteiger partial charge in [0.15, 0.2) is 11.6 Å². The molecule has 0 spiro atoms. The first-order chi connectivity index (χ1) is 12.1. The zero-order valence-electron chi connectivity index (χ0n) is 13.1. The van der Waals surface area contributed by atoms with Crippen molar-refractivity contribution >= 4 is 17.7 Å². The lowest BCUT2D eigenvalue weighted by Crippen LogP contribution is -2.30. The van der Waals surface area contributed by atoms with Crippen LogP contribution in [0.4, 0.5) is 8.78 Å². The van der Waals surface area contributed by atoms with Gasteiger partial charge in [-0.15, -0.1) is 11.8 Å². The minimum absolute atomic E-state index is 0.0785. The summed E-state index contributed by atoms with van der Waals surface area (Å²) in [6.07, 6.45) is 1.55. The van der Waals surface area contributed by atoms with Gasteiger partial charge in [0.25, 0.3) is 0 Å². The summed E-state index contributed by atoms with van der Waals surface area (Å²) in [5.74, 6) is -1.37. The summed E-state index contributed by atoms with van der Waals surface area (Å²) in [5.41, 5.74) is 0.892. The lowest BCUT2D eigenvalue weighted by Gasteiger charge is -2.17. The first kappa shape index (κ1) is 17.2. The van der Waals surface area contributed by atoms with Gasteiger partial charge < -0.3 is 9.73 Å². The Morgan fingerprint density at radius 2 is 1.84 bits per heavy atom. The number of nitrogens with one attached hydrogen (secondary N) is 1. The molecule has 3 nitrogen and oxygen atoms in total. The number of carbonyl (C=O) groups excluding carboxylic acids is 1. The Morgan fingerprint density at radius 3 is 2.52 bits per heavy atom. The lowest BCUT2D eigenvalue weighted by molar-refractivity contribution is -0.119. The highest BCUT2D eigenvalue weighted by Crippen LogP contribution is 2.24. The standard InChI is InChI=1S/C19H15F2NO2S/c20-15-9-8-14(11-16(15)21)25-12-18(23)22-19(17-7-4-10-24-17)13-5-2-1-3-6-13/h1-11,19H,12H2,(H,22,23). The molecule has 1 unspecified atom stereocenters. The van der Waals surface area contributed by atoms with Gasteiger partial charge in [-0.05, 0) is 35.9 Å². The van der Waals surface area contributed by atoms with Crippen molar-refractivity contribution in [1.82, 2.24) is 5.32 Å². The number of rotatable bonds is 6. The molecule has 0 saturated heterocycles. The molecule has 3 aromatic rings. The zero-order chi connectivity index (χ0) is 17.6. The molecule has 128 valence electrons. The molecule has 1 atom stereocenters. The van der Waals surface area contributed by atoms with Gasteiger partial charge in [-0.25, -0.2) is 8.78 Å². The summed E-state index contributed by atoms with van der Waals surface area (Å²) in [5, 5.41) is 2.91. The van der Waals surface area contributed by atoms with E-state index in [9.17, 15) is 13.6 Å². The Balaban J connectivity index is 1.67. The number of halogens is 2. The summed E-state index contributed by atoms with van der Waals surface area (Å²) in [6.45, 7) is 0. The van der Waals surface area contributed by atoms with Crippen LogP contribution < -0.4 is 5.32 Å². The zero-order valence-corrected chi connectivity index (χ0v) is 13.9. The van der Waals surface area contributed by atoms with Crippen molar-refractivity contribution in [3.8, 4) is 0 Å². The highest BCUT2D eigenvalue weighted by molar-refractivity contribution is 8.00. The molecule has 0 bridgehead atoms. The molecule has 0 aliphatic heterocycles. The Kier molecular flexibility index (Phi) is 5.50. The molecule has 1 heterocycles. The number of amides is 1. The van der Waals surface area contributed by atoms with Gasteiger partial charge >= 0.3 is 0 Å². The van der Waals surface area contributed by atoms with Crippen LogP contribution in [-0.2, 0) is 4.79 Å². The summed E-state index contributed by atoms with van der Waals surface area (Å²) in [4.78, 5) is 12.8. The van der Waals surface area contributed by atoms with Crippen molar-refractivity contribution in [2.24, 2.45) is 0 Å². The van der Waals surface area contributed by atoms with Crippen LogP contribution in [0.2, 0.25) is 0 Å². The molecule has 0 aliphatic carbocycles. The maximum absolute atomic E-state index is 13.2. The molecule has 3 rings (SSSR count). The van der Waals surface area contributed by atoms with E-state index in [4.69, 9.17) is 4.42 Å². The predicted molar refractivity (Wildman–Crippen MR) is 92.2 cm³/mol. The van der Waals surface area contributed by atoms with E-state index in [-0.39, 0.29) is 11.7 Å². The van der Waals surface area contributed by atoms with Crippen LogP contribution in [0.3, 0.4) is 0 Å². The molecule has 0 radical (unpaired) electrons. The Morgan fingerprint density at radius 1 is 1.04 bits per heavy atom. The van der Waals surface area contributed by atoms with E-state index in [1.54, 1.807) is 18.4 Å². The molecule has 0 aliphatic rings. The fourth-order valence-corrected chi connectivity index (χ4v) is 3.07. The normalized spacial score (nSPS) is 11.9. The molecule has 6 heteroatoms. The van der Waals surface area contributed by atoms with Crippen molar-refractivity contribution in [1.29, 1.82) is 0 Å². The Bertz CT molecular complexity index is 838. The first-order valence-corrected chi connectivity index (χ1v) is 8.57. The summed E-state index contributed by atoms with van der Waals surface area (Å²) in [7, 11) is 0. The minimum Gasteiger partial charge on any atom is -0.467 e. The first-order valence-electron chi connectivity index (χ1n) is 7.59. The van der Waals surface area contributed by atoms with E-state index < -0.39 is 17.7 Å². The molecule has 0 saturated carbocycles. The molecule has 1 aromatic heterocycles. The quantitative estimate of drug-likeness (QED) is 0.656. The van der Waals surface area contributed by atoms with Crippen molar-refractivity contribution in [3.05, 3.63) is 89.9 Å². The molecule has 1 N–H and O–H groups in total. The van der Waals surface area contributed by atoms with Gasteiger partial charge in [-0.3, -0.25) is 4.79 Å². The second-order valence-corrected chi connectivity index (χ2v) is 6.34. The third-order valence-corrected chi connectivity index (χ3v) is 4.52. The monoisotopic (exact) mass is 359 g/mol. The number of hydrogen-bond acceptors (Lipinski definition) is 3. The van der Waals surface area contributed by atoms with Crippen molar-refractivity contribution in [2.75, 3.05) is 5.75 Å². The molecule has 0 fully saturated rings. The Labute approximate surface area is 148 Å². The fraction of sp³-hybridized carbons (Fsp3) is 0.105. The van der Waals surface area contributed by atoms with Crippen molar-refractivity contribution in [2.45, 2.75) is 10.9 Å². The predicted octanol–water partition coefficient (Wildman–Crippen LogP) is 4.56. The van der Waals surface area contributed by atoms with Gasteiger partial charge in [0, 0.05) is 4.90 Å².